The smallest absolute Gasteiger partial charge is 0.327 e. The molecule has 4 nitrogen and oxygen atoms in total. The molecule has 0 aliphatic rings. The van der Waals surface area contributed by atoms with Crippen molar-refractivity contribution in [1.29, 1.82) is 0 Å². The Balaban J connectivity index is 3.20. The number of hydrogen-bond acceptors (Lipinski definition) is 4. The second kappa shape index (κ2) is 5.77. The summed E-state index contributed by atoms with van der Waals surface area (Å²) in [7, 11) is 8.20. The molecule has 0 amide bonds. The molecule has 1 radical (unpaired) electrons. The Labute approximate surface area is 97.1 Å². The molecule has 16 heavy (non-hydrogen) atoms. The summed E-state index contributed by atoms with van der Waals surface area (Å²) in [6.07, 6.45) is 0. The van der Waals surface area contributed by atoms with Crippen molar-refractivity contribution in [3.8, 4) is 11.5 Å². The van der Waals surface area contributed by atoms with Gasteiger partial charge in [0.25, 0.3) is 0 Å². The van der Waals surface area contributed by atoms with Gasteiger partial charge in [-0.1, -0.05) is 0 Å². The van der Waals surface area contributed by atoms with E-state index in [0.717, 1.165) is 19.6 Å². The molecule has 0 saturated carbocycles. The summed E-state index contributed by atoms with van der Waals surface area (Å²) in [4.78, 5) is 2.03. The number of methoxy groups -OCH3 is 2. The third kappa shape index (κ3) is 2.90. The third-order valence-corrected chi connectivity index (χ3v) is 2.25. The van der Waals surface area contributed by atoms with Crippen LogP contribution in [0.2, 0.25) is 0 Å². The molecule has 0 fully saturated rings. The minimum atomic E-state index is 0.663. The highest BCUT2D eigenvalue weighted by Crippen LogP contribution is 2.27. The standard InChI is InChI=1S/C11H17BNO3/c1-13(2)7-9-10(15-3)5-8(12-14)6-11(9)16-4/h5-6,14H,7H2,1-4H3. The number of hydrogen-bond donors (Lipinski definition) is 1. The first-order valence-corrected chi connectivity index (χ1v) is 4.99. The Kier molecular flexibility index (Phi) is 4.64. The minimum Gasteiger partial charge on any atom is -0.496 e. The number of rotatable bonds is 5. The largest absolute Gasteiger partial charge is 0.496 e. The van der Waals surface area contributed by atoms with Gasteiger partial charge in [0, 0.05) is 6.54 Å². The monoisotopic (exact) mass is 222 g/mol. The molecular formula is C11H17BNO3. The van der Waals surface area contributed by atoms with Crippen molar-refractivity contribution in [2.75, 3.05) is 28.3 Å². The van der Waals surface area contributed by atoms with E-state index in [1.807, 2.05) is 19.0 Å². The van der Waals surface area contributed by atoms with Crippen LogP contribution in [-0.4, -0.2) is 45.7 Å². The van der Waals surface area contributed by atoms with E-state index in [-0.39, 0.29) is 0 Å². The van der Waals surface area contributed by atoms with Gasteiger partial charge < -0.3 is 19.4 Å². The fraction of sp³-hybridized carbons (Fsp3) is 0.455. The first-order valence-electron chi connectivity index (χ1n) is 4.99. The topological polar surface area (TPSA) is 41.9 Å². The van der Waals surface area contributed by atoms with E-state index in [1.54, 1.807) is 26.4 Å². The summed E-state index contributed by atoms with van der Waals surface area (Å²) < 4.78 is 10.6. The van der Waals surface area contributed by atoms with Gasteiger partial charge in [-0.25, -0.2) is 0 Å². The molecule has 0 bridgehead atoms. The van der Waals surface area contributed by atoms with E-state index in [4.69, 9.17) is 14.5 Å². The van der Waals surface area contributed by atoms with Gasteiger partial charge in [-0.05, 0) is 31.7 Å². The summed E-state index contributed by atoms with van der Waals surface area (Å²) in [5.41, 5.74) is 1.64. The quantitative estimate of drug-likeness (QED) is 0.712. The summed E-state index contributed by atoms with van der Waals surface area (Å²) in [6, 6.07) is 3.56. The normalized spacial score (nSPS) is 10.4. The predicted octanol–water partition coefficient (Wildman–Crippen LogP) is 0.00220. The first-order chi connectivity index (χ1) is 7.62. The van der Waals surface area contributed by atoms with Gasteiger partial charge in [0.05, 0.1) is 19.8 Å². The first kappa shape index (κ1) is 12.9. The van der Waals surface area contributed by atoms with Crippen molar-refractivity contribution in [2.24, 2.45) is 0 Å². The zero-order chi connectivity index (χ0) is 12.1. The molecule has 0 aliphatic carbocycles. The Morgan fingerprint density at radius 3 is 2.00 bits per heavy atom. The summed E-state index contributed by atoms with van der Waals surface area (Å²) >= 11 is 0. The van der Waals surface area contributed by atoms with Crippen LogP contribution in [0.5, 0.6) is 11.5 Å². The van der Waals surface area contributed by atoms with Gasteiger partial charge in [-0.15, -0.1) is 0 Å². The van der Waals surface area contributed by atoms with Crippen molar-refractivity contribution in [2.45, 2.75) is 6.54 Å². The van der Waals surface area contributed by atoms with E-state index in [0.29, 0.717) is 17.0 Å². The maximum Gasteiger partial charge on any atom is 0.327 e. The van der Waals surface area contributed by atoms with Crippen molar-refractivity contribution >= 4 is 12.9 Å². The van der Waals surface area contributed by atoms with Gasteiger partial charge >= 0.3 is 7.48 Å². The summed E-state index contributed by atoms with van der Waals surface area (Å²) in [5, 5.41) is 9.00. The maximum absolute atomic E-state index is 9.00. The summed E-state index contributed by atoms with van der Waals surface area (Å²) in [6.45, 7) is 0.720. The van der Waals surface area contributed by atoms with Gasteiger partial charge in [0.1, 0.15) is 11.5 Å². The SMILES string of the molecule is COc1cc([B]O)cc(OC)c1CN(C)C. The molecule has 0 aromatic heterocycles. The van der Waals surface area contributed by atoms with Crippen LogP contribution < -0.4 is 14.9 Å². The number of nitrogens with zero attached hydrogens (tertiary/aromatic N) is 1. The summed E-state index contributed by atoms with van der Waals surface area (Å²) in [5.74, 6) is 1.43. The van der Waals surface area contributed by atoms with Gasteiger partial charge in [-0.2, -0.15) is 0 Å². The van der Waals surface area contributed by atoms with E-state index < -0.39 is 0 Å². The van der Waals surface area contributed by atoms with Crippen LogP contribution >= 0.6 is 0 Å². The molecule has 87 valence electrons. The molecule has 1 N–H and O–H groups in total. The van der Waals surface area contributed by atoms with Crippen LogP contribution in [0.4, 0.5) is 0 Å². The lowest BCUT2D eigenvalue weighted by molar-refractivity contribution is 0.349. The van der Waals surface area contributed by atoms with Crippen molar-refractivity contribution in [3.63, 3.8) is 0 Å². The Bertz CT molecular complexity index is 330. The van der Waals surface area contributed by atoms with Crippen LogP contribution in [0, 0.1) is 0 Å². The van der Waals surface area contributed by atoms with Gasteiger partial charge in [0.2, 0.25) is 0 Å². The average molecular weight is 222 g/mol. The minimum absolute atomic E-state index is 0.663. The molecular weight excluding hydrogens is 205 g/mol. The van der Waals surface area contributed by atoms with Gasteiger partial charge in [0.15, 0.2) is 0 Å². The molecule has 0 atom stereocenters. The second-order valence-electron chi connectivity index (χ2n) is 3.77. The lowest BCUT2D eigenvalue weighted by Crippen LogP contribution is -2.18. The van der Waals surface area contributed by atoms with Crippen molar-refractivity contribution in [3.05, 3.63) is 17.7 Å². The Morgan fingerprint density at radius 2 is 1.69 bits per heavy atom. The zero-order valence-electron chi connectivity index (χ0n) is 10.2. The van der Waals surface area contributed by atoms with Gasteiger partial charge in [-0.3, -0.25) is 0 Å². The molecule has 0 aliphatic heterocycles. The number of benzene rings is 1. The lowest BCUT2D eigenvalue weighted by atomic mass is 9.87. The highest BCUT2D eigenvalue weighted by Gasteiger charge is 2.13. The Hall–Kier alpha value is -1.20. The molecule has 0 spiro atoms. The molecule has 1 aromatic carbocycles. The second-order valence-corrected chi connectivity index (χ2v) is 3.77. The van der Waals surface area contributed by atoms with Crippen molar-refractivity contribution in [1.82, 2.24) is 4.90 Å². The average Bonchev–Trinajstić information content (AvgIpc) is 2.28. The number of ether oxygens (including phenoxy) is 2. The maximum atomic E-state index is 9.00. The van der Waals surface area contributed by atoms with Crippen LogP contribution in [0.25, 0.3) is 0 Å². The fourth-order valence-electron chi connectivity index (χ4n) is 1.55. The molecule has 0 unspecified atom stereocenters. The van der Waals surface area contributed by atoms with Crippen LogP contribution in [0.3, 0.4) is 0 Å². The highest BCUT2D eigenvalue weighted by molar-refractivity contribution is 6.45. The van der Waals surface area contributed by atoms with Crippen molar-refractivity contribution < 1.29 is 14.5 Å². The van der Waals surface area contributed by atoms with Crippen LogP contribution in [0.1, 0.15) is 5.56 Å². The fourth-order valence-corrected chi connectivity index (χ4v) is 1.55. The molecule has 1 rings (SSSR count). The van der Waals surface area contributed by atoms with E-state index in [2.05, 4.69) is 0 Å². The third-order valence-electron chi connectivity index (χ3n) is 2.25. The van der Waals surface area contributed by atoms with E-state index in [1.165, 1.54) is 0 Å². The highest BCUT2D eigenvalue weighted by atomic mass is 16.5. The van der Waals surface area contributed by atoms with Crippen LogP contribution in [0.15, 0.2) is 12.1 Å². The molecule has 0 saturated heterocycles. The zero-order valence-corrected chi connectivity index (χ0v) is 10.2. The predicted molar refractivity (Wildman–Crippen MR) is 64.5 cm³/mol. The van der Waals surface area contributed by atoms with Crippen LogP contribution in [-0.2, 0) is 6.54 Å². The molecule has 5 heteroatoms. The Morgan fingerprint density at radius 1 is 1.19 bits per heavy atom. The molecule has 1 aromatic rings. The van der Waals surface area contributed by atoms with E-state index >= 15 is 0 Å². The van der Waals surface area contributed by atoms with E-state index in [9.17, 15) is 0 Å². The molecule has 0 heterocycles. The lowest BCUT2D eigenvalue weighted by Gasteiger charge is -2.17.